The smallest absolute Gasteiger partial charge is 0.266 e. The van der Waals surface area contributed by atoms with Crippen molar-refractivity contribution in [3.05, 3.63) is 64.9 Å². The molecule has 146 valence electrons. The Morgan fingerprint density at radius 3 is 2.79 bits per heavy atom. The van der Waals surface area contributed by atoms with E-state index in [1.165, 1.54) is 0 Å². The van der Waals surface area contributed by atoms with Crippen molar-refractivity contribution in [2.24, 2.45) is 0 Å². The average Bonchev–Trinajstić information content (AvgIpc) is 3.34. The number of hydrogen-bond acceptors (Lipinski definition) is 6. The molecule has 7 heteroatoms. The first-order valence-corrected chi connectivity index (χ1v) is 9.77. The summed E-state index contributed by atoms with van der Waals surface area (Å²) < 4.78 is 7.44. The van der Waals surface area contributed by atoms with E-state index in [1.807, 2.05) is 18.3 Å². The highest BCUT2D eigenvalue weighted by atomic mass is 16.4. The van der Waals surface area contributed by atoms with Gasteiger partial charge in [-0.3, -0.25) is 14.7 Å². The molecule has 28 heavy (non-hydrogen) atoms. The maximum absolute atomic E-state index is 12.4. The van der Waals surface area contributed by atoms with E-state index < -0.39 is 0 Å². The van der Waals surface area contributed by atoms with Crippen molar-refractivity contribution in [3.8, 4) is 11.3 Å². The van der Waals surface area contributed by atoms with Crippen LogP contribution in [0.5, 0.6) is 0 Å². The van der Waals surface area contributed by atoms with E-state index in [9.17, 15) is 4.79 Å². The largest absolute Gasteiger partial charge is 0.444 e. The zero-order valence-corrected chi connectivity index (χ0v) is 16.3. The Balaban J connectivity index is 1.50. The molecule has 0 bridgehead atoms. The molecule has 0 radical (unpaired) electrons. The first kappa shape index (κ1) is 18.6. The summed E-state index contributed by atoms with van der Waals surface area (Å²) in [6.45, 7) is 6.39. The van der Waals surface area contributed by atoms with Gasteiger partial charge in [-0.25, -0.2) is 9.67 Å². The van der Waals surface area contributed by atoms with Gasteiger partial charge in [-0.15, -0.1) is 0 Å². The molecule has 4 rings (SSSR count). The van der Waals surface area contributed by atoms with Crippen LogP contribution in [0.25, 0.3) is 11.3 Å². The van der Waals surface area contributed by atoms with Crippen molar-refractivity contribution in [1.29, 1.82) is 0 Å². The molecule has 3 aromatic rings. The highest BCUT2D eigenvalue weighted by Crippen LogP contribution is 2.23. The van der Waals surface area contributed by atoms with Crippen molar-refractivity contribution < 1.29 is 4.42 Å². The molecular weight excluding hydrogens is 354 g/mol. The van der Waals surface area contributed by atoms with Crippen molar-refractivity contribution in [2.75, 3.05) is 6.54 Å². The summed E-state index contributed by atoms with van der Waals surface area (Å²) in [7, 11) is 0. The van der Waals surface area contributed by atoms with Crippen LogP contribution >= 0.6 is 0 Å². The van der Waals surface area contributed by atoms with E-state index in [0.29, 0.717) is 19.0 Å². The van der Waals surface area contributed by atoms with E-state index in [1.54, 1.807) is 29.2 Å². The van der Waals surface area contributed by atoms with Crippen molar-refractivity contribution in [1.82, 2.24) is 24.6 Å². The van der Waals surface area contributed by atoms with Gasteiger partial charge in [0.2, 0.25) is 5.89 Å². The van der Waals surface area contributed by atoms with Crippen molar-refractivity contribution in [2.45, 2.75) is 51.7 Å². The fourth-order valence-corrected chi connectivity index (χ4v) is 3.60. The van der Waals surface area contributed by atoms with E-state index >= 15 is 0 Å². The van der Waals surface area contributed by atoms with Gasteiger partial charge < -0.3 is 4.42 Å². The number of aromatic nitrogens is 4. The van der Waals surface area contributed by atoms with E-state index in [0.717, 1.165) is 42.3 Å². The van der Waals surface area contributed by atoms with E-state index in [-0.39, 0.29) is 11.6 Å². The third-order valence-electron chi connectivity index (χ3n) is 5.20. The minimum Gasteiger partial charge on any atom is -0.444 e. The van der Waals surface area contributed by atoms with Crippen LogP contribution in [-0.2, 0) is 13.1 Å². The average molecular weight is 379 g/mol. The molecular formula is C21H25N5O2. The molecule has 0 amide bonds. The summed E-state index contributed by atoms with van der Waals surface area (Å²) in [6, 6.07) is 7.39. The van der Waals surface area contributed by atoms with Gasteiger partial charge in [-0.2, -0.15) is 5.10 Å². The Hall–Kier alpha value is -2.80. The molecule has 1 aliphatic heterocycles. The predicted molar refractivity (Wildman–Crippen MR) is 106 cm³/mol. The van der Waals surface area contributed by atoms with Gasteiger partial charge in [0.25, 0.3) is 5.56 Å². The van der Waals surface area contributed by atoms with Crippen LogP contribution < -0.4 is 5.56 Å². The lowest BCUT2D eigenvalue weighted by molar-refractivity contribution is 0.196. The van der Waals surface area contributed by atoms with Gasteiger partial charge in [0.15, 0.2) is 0 Å². The van der Waals surface area contributed by atoms with Crippen LogP contribution in [0.3, 0.4) is 0 Å². The van der Waals surface area contributed by atoms with Gasteiger partial charge in [0, 0.05) is 36.0 Å². The molecule has 0 N–H and O–H groups in total. The zero-order valence-electron chi connectivity index (χ0n) is 16.3. The van der Waals surface area contributed by atoms with E-state index in [2.05, 4.69) is 33.8 Å². The van der Waals surface area contributed by atoms with E-state index in [4.69, 9.17) is 4.42 Å². The third-order valence-corrected chi connectivity index (χ3v) is 5.20. The van der Waals surface area contributed by atoms with Crippen molar-refractivity contribution >= 4 is 0 Å². The summed E-state index contributed by atoms with van der Waals surface area (Å²) >= 11 is 0. The first-order valence-electron chi connectivity index (χ1n) is 9.77. The second-order valence-corrected chi connectivity index (χ2v) is 7.55. The lowest BCUT2D eigenvalue weighted by atomic mass is 10.2. The Bertz CT molecular complexity index is 980. The molecule has 0 saturated carbocycles. The molecule has 1 saturated heterocycles. The van der Waals surface area contributed by atoms with Gasteiger partial charge in [-0.05, 0) is 37.6 Å². The second kappa shape index (κ2) is 8.06. The van der Waals surface area contributed by atoms with Crippen LogP contribution in [0, 0.1) is 0 Å². The second-order valence-electron chi connectivity index (χ2n) is 7.55. The topological polar surface area (TPSA) is 77.1 Å². The number of hydrogen-bond donors (Lipinski definition) is 0. The Labute approximate surface area is 164 Å². The lowest BCUT2D eigenvalue weighted by Crippen LogP contribution is -2.36. The maximum Gasteiger partial charge on any atom is 0.266 e. The number of nitrogens with zero attached hydrogens (tertiary/aromatic N) is 5. The number of pyridine rings is 1. The minimum absolute atomic E-state index is 0.0807. The molecule has 3 aromatic heterocycles. The Morgan fingerprint density at radius 1 is 1.21 bits per heavy atom. The minimum atomic E-state index is -0.0807. The number of oxazole rings is 1. The molecule has 0 aliphatic carbocycles. The fraction of sp³-hybridized carbons (Fsp3) is 0.429. The molecule has 1 fully saturated rings. The summed E-state index contributed by atoms with van der Waals surface area (Å²) in [6.07, 6.45) is 7.40. The maximum atomic E-state index is 12.4. The van der Waals surface area contributed by atoms with Gasteiger partial charge in [-0.1, -0.05) is 13.8 Å². The standard InChI is InChI=1S/C21H25N5O2/c1-15(2)19-12-23-20(28-19)14-25-11-3-4-17(25)13-26-21(27)6-5-18(24-26)16-7-9-22-10-8-16/h5-10,12,15,17H,3-4,11,13-14H2,1-2H3. The molecule has 1 atom stereocenters. The highest BCUT2D eigenvalue weighted by molar-refractivity contribution is 5.56. The quantitative estimate of drug-likeness (QED) is 0.655. The SMILES string of the molecule is CC(C)c1cnc(CN2CCCC2Cn2nc(-c3ccncc3)ccc2=O)o1. The van der Waals surface area contributed by atoms with Gasteiger partial charge in [0.1, 0.15) is 5.76 Å². The van der Waals surface area contributed by atoms with Crippen LogP contribution in [0.1, 0.15) is 44.3 Å². The molecule has 0 aromatic carbocycles. The lowest BCUT2D eigenvalue weighted by Gasteiger charge is -2.23. The van der Waals surface area contributed by atoms with Crippen LogP contribution in [0.4, 0.5) is 0 Å². The first-order chi connectivity index (χ1) is 13.6. The summed E-state index contributed by atoms with van der Waals surface area (Å²) in [5.41, 5.74) is 1.65. The molecule has 0 spiro atoms. The van der Waals surface area contributed by atoms with Crippen LogP contribution in [0.15, 0.2) is 52.1 Å². The predicted octanol–water partition coefficient (Wildman–Crippen LogP) is 3.08. The molecule has 1 unspecified atom stereocenters. The summed E-state index contributed by atoms with van der Waals surface area (Å²) in [4.78, 5) is 23.2. The van der Waals surface area contributed by atoms with Gasteiger partial charge >= 0.3 is 0 Å². The molecule has 1 aliphatic rings. The third kappa shape index (κ3) is 4.04. The molecule has 4 heterocycles. The number of rotatable bonds is 6. The molecule has 7 nitrogen and oxygen atoms in total. The highest BCUT2D eigenvalue weighted by Gasteiger charge is 2.27. The Morgan fingerprint density at radius 2 is 2.04 bits per heavy atom. The monoisotopic (exact) mass is 379 g/mol. The zero-order chi connectivity index (χ0) is 19.5. The van der Waals surface area contributed by atoms with Crippen molar-refractivity contribution in [3.63, 3.8) is 0 Å². The Kier molecular flexibility index (Phi) is 5.34. The van der Waals surface area contributed by atoms with Crippen LogP contribution in [0.2, 0.25) is 0 Å². The normalized spacial score (nSPS) is 17.5. The van der Waals surface area contributed by atoms with Gasteiger partial charge in [0.05, 0.1) is 25.0 Å². The number of likely N-dealkylation sites (tertiary alicyclic amines) is 1. The summed E-state index contributed by atoms with van der Waals surface area (Å²) in [5.74, 6) is 1.98. The fourth-order valence-electron chi connectivity index (χ4n) is 3.60. The summed E-state index contributed by atoms with van der Waals surface area (Å²) in [5, 5.41) is 4.59. The van der Waals surface area contributed by atoms with Crippen LogP contribution in [-0.4, -0.2) is 37.2 Å².